The molecule has 38 heavy (non-hydrogen) atoms. The van der Waals surface area contributed by atoms with E-state index in [1.165, 1.54) is 36.5 Å². The van der Waals surface area contributed by atoms with Gasteiger partial charge in [0.05, 0.1) is 4.90 Å². The fraction of sp³-hybridized carbons (Fsp3) is 0.0357. The third-order valence-electron chi connectivity index (χ3n) is 5.09. The van der Waals surface area contributed by atoms with E-state index in [1.54, 1.807) is 29.6 Å². The van der Waals surface area contributed by atoms with Gasteiger partial charge in [0.1, 0.15) is 24.0 Å². The van der Waals surface area contributed by atoms with E-state index < -0.39 is 15.9 Å². The summed E-state index contributed by atoms with van der Waals surface area (Å²) in [6.45, 7) is 0.400. The van der Waals surface area contributed by atoms with Gasteiger partial charge in [-0.15, -0.1) is 11.3 Å². The predicted octanol–water partition coefficient (Wildman–Crippen LogP) is 5.58. The Hall–Kier alpha value is -4.72. The lowest BCUT2D eigenvalue weighted by atomic mass is 10.1. The Morgan fingerprint density at radius 1 is 1.00 bits per heavy atom. The van der Waals surface area contributed by atoms with Crippen LogP contribution in [0.15, 0.2) is 107 Å². The molecule has 8 nitrogen and oxygen atoms in total. The van der Waals surface area contributed by atoms with Gasteiger partial charge in [0.15, 0.2) is 5.13 Å². The molecule has 1 heterocycles. The maximum absolute atomic E-state index is 12.6. The standard InChI is InChI=1S/C28H22N4O4S2/c29-20-23(19-22-8-12-25(13-9-22)36-17-4-7-21-5-2-1-3-6-21)27(33)31-24-10-14-26(15-11-24)38(34,35)32-28-30-16-18-37-28/h1-16,18-19H,17H2,(H,30,32)(H,31,33)/b7-4+,23-19+. The summed E-state index contributed by atoms with van der Waals surface area (Å²) in [5.74, 6) is 0.0394. The third kappa shape index (κ3) is 7.39. The van der Waals surface area contributed by atoms with Crippen LogP contribution >= 0.6 is 11.3 Å². The van der Waals surface area contributed by atoms with Crippen LogP contribution in [0.5, 0.6) is 5.75 Å². The smallest absolute Gasteiger partial charge is 0.266 e. The number of nitriles is 1. The van der Waals surface area contributed by atoms with Gasteiger partial charge in [0.25, 0.3) is 15.9 Å². The summed E-state index contributed by atoms with van der Waals surface area (Å²) >= 11 is 1.16. The Bertz CT molecular complexity index is 1570. The van der Waals surface area contributed by atoms with E-state index in [9.17, 15) is 18.5 Å². The highest BCUT2D eigenvalue weighted by atomic mass is 32.2. The van der Waals surface area contributed by atoms with E-state index in [0.717, 1.165) is 16.9 Å². The van der Waals surface area contributed by atoms with Gasteiger partial charge in [0, 0.05) is 17.3 Å². The molecule has 0 aliphatic rings. The largest absolute Gasteiger partial charge is 0.490 e. The Balaban J connectivity index is 1.34. The number of amides is 1. The molecule has 1 aromatic heterocycles. The monoisotopic (exact) mass is 542 g/mol. The number of carbonyl (C=O) groups is 1. The van der Waals surface area contributed by atoms with Gasteiger partial charge in [-0.3, -0.25) is 9.52 Å². The second-order valence-corrected chi connectivity index (χ2v) is 10.4. The van der Waals surface area contributed by atoms with Gasteiger partial charge < -0.3 is 10.1 Å². The van der Waals surface area contributed by atoms with Crippen LogP contribution in [-0.2, 0) is 14.8 Å². The maximum atomic E-state index is 12.6. The minimum Gasteiger partial charge on any atom is -0.490 e. The fourth-order valence-corrected chi connectivity index (χ4v) is 5.02. The van der Waals surface area contributed by atoms with Crippen LogP contribution in [-0.4, -0.2) is 25.9 Å². The third-order valence-corrected chi connectivity index (χ3v) is 7.26. The van der Waals surface area contributed by atoms with E-state index in [1.807, 2.05) is 48.6 Å². The van der Waals surface area contributed by atoms with Crippen molar-refractivity contribution >= 4 is 50.2 Å². The summed E-state index contributed by atoms with van der Waals surface area (Å²) in [4.78, 5) is 16.5. The van der Waals surface area contributed by atoms with Crippen LogP contribution < -0.4 is 14.8 Å². The quantitative estimate of drug-likeness (QED) is 0.199. The van der Waals surface area contributed by atoms with Crippen molar-refractivity contribution in [3.05, 3.63) is 113 Å². The van der Waals surface area contributed by atoms with Crippen molar-refractivity contribution < 1.29 is 17.9 Å². The summed E-state index contributed by atoms with van der Waals surface area (Å²) in [6, 6.07) is 24.4. The normalized spacial score (nSPS) is 11.6. The molecule has 1 amide bonds. The molecular formula is C28H22N4O4S2. The molecule has 0 unspecified atom stereocenters. The van der Waals surface area contributed by atoms with Crippen LogP contribution in [0.4, 0.5) is 10.8 Å². The van der Waals surface area contributed by atoms with Gasteiger partial charge in [-0.05, 0) is 59.7 Å². The molecule has 190 valence electrons. The summed E-state index contributed by atoms with van der Waals surface area (Å²) in [5, 5.41) is 14.0. The van der Waals surface area contributed by atoms with Crippen molar-refractivity contribution in [3.8, 4) is 11.8 Å². The van der Waals surface area contributed by atoms with Crippen LogP contribution in [0.3, 0.4) is 0 Å². The molecule has 2 N–H and O–H groups in total. The number of sulfonamides is 1. The van der Waals surface area contributed by atoms with E-state index in [0.29, 0.717) is 23.6 Å². The van der Waals surface area contributed by atoms with Gasteiger partial charge in [0.2, 0.25) is 0 Å². The van der Waals surface area contributed by atoms with E-state index >= 15 is 0 Å². The van der Waals surface area contributed by atoms with Crippen LogP contribution in [0.1, 0.15) is 11.1 Å². The first-order chi connectivity index (χ1) is 18.4. The van der Waals surface area contributed by atoms with Crippen molar-refractivity contribution in [1.29, 1.82) is 5.26 Å². The number of benzene rings is 3. The van der Waals surface area contributed by atoms with Crippen LogP contribution in [0.2, 0.25) is 0 Å². The number of anilines is 2. The zero-order valence-corrected chi connectivity index (χ0v) is 21.6. The Labute approximate surface area is 224 Å². The van der Waals surface area contributed by atoms with Crippen molar-refractivity contribution in [2.45, 2.75) is 4.90 Å². The molecule has 4 aromatic rings. The first-order valence-electron chi connectivity index (χ1n) is 11.3. The molecule has 0 bridgehead atoms. The molecule has 0 saturated heterocycles. The van der Waals surface area contributed by atoms with Crippen LogP contribution in [0.25, 0.3) is 12.2 Å². The van der Waals surface area contributed by atoms with Gasteiger partial charge in [-0.2, -0.15) is 5.26 Å². The predicted molar refractivity (Wildman–Crippen MR) is 149 cm³/mol. The summed E-state index contributed by atoms with van der Waals surface area (Å²) in [7, 11) is -3.81. The number of hydrogen-bond donors (Lipinski definition) is 2. The molecule has 10 heteroatoms. The summed E-state index contributed by atoms with van der Waals surface area (Å²) < 4.78 is 33.0. The summed E-state index contributed by atoms with van der Waals surface area (Å²) in [5.41, 5.74) is 1.98. The average Bonchev–Trinajstić information content (AvgIpc) is 3.43. The van der Waals surface area contributed by atoms with Crippen molar-refractivity contribution in [1.82, 2.24) is 4.98 Å². The maximum Gasteiger partial charge on any atom is 0.266 e. The lowest BCUT2D eigenvalue weighted by Crippen LogP contribution is -2.15. The van der Waals surface area contributed by atoms with Crippen LogP contribution in [0, 0.1) is 11.3 Å². The first kappa shape index (κ1) is 26.3. The van der Waals surface area contributed by atoms with Crippen molar-refractivity contribution in [2.24, 2.45) is 0 Å². The molecule has 0 spiro atoms. The highest BCUT2D eigenvalue weighted by Crippen LogP contribution is 2.20. The molecule has 3 aromatic carbocycles. The number of nitrogens with zero attached hydrogens (tertiary/aromatic N) is 2. The average molecular weight is 543 g/mol. The number of nitrogens with one attached hydrogen (secondary N) is 2. The number of aromatic nitrogens is 1. The summed E-state index contributed by atoms with van der Waals surface area (Å²) in [6.07, 6.45) is 6.85. The van der Waals surface area contributed by atoms with Gasteiger partial charge >= 0.3 is 0 Å². The molecular weight excluding hydrogens is 520 g/mol. The number of ether oxygens (including phenoxy) is 1. The number of carbonyl (C=O) groups excluding carboxylic acids is 1. The molecule has 0 radical (unpaired) electrons. The lowest BCUT2D eigenvalue weighted by Gasteiger charge is -2.08. The van der Waals surface area contributed by atoms with Crippen molar-refractivity contribution in [3.63, 3.8) is 0 Å². The van der Waals surface area contributed by atoms with E-state index in [-0.39, 0.29) is 15.6 Å². The minimum atomic E-state index is -3.81. The number of hydrogen-bond acceptors (Lipinski definition) is 7. The van der Waals surface area contributed by atoms with E-state index in [2.05, 4.69) is 15.0 Å². The zero-order chi connectivity index (χ0) is 26.8. The van der Waals surface area contributed by atoms with Gasteiger partial charge in [-0.1, -0.05) is 48.5 Å². The molecule has 0 aliphatic carbocycles. The fourth-order valence-electron chi connectivity index (χ4n) is 3.23. The number of rotatable bonds is 10. The second kappa shape index (κ2) is 12.5. The molecule has 0 fully saturated rings. The molecule has 0 atom stereocenters. The Kier molecular flexibility index (Phi) is 8.66. The zero-order valence-electron chi connectivity index (χ0n) is 19.9. The molecule has 0 aliphatic heterocycles. The van der Waals surface area contributed by atoms with Gasteiger partial charge in [-0.25, -0.2) is 13.4 Å². The minimum absolute atomic E-state index is 0.0135. The second-order valence-electron chi connectivity index (χ2n) is 7.78. The molecule has 4 rings (SSSR count). The highest BCUT2D eigenvalue weighted by Gasteiger charge is 2.16. The number of thiazole rings is 1. The topological polar surface area (TPSA) is 121 Å². The lowest BCUT2D eigenvalue weighted by molar-refractivity contribution is -0.112. The highest BCUT2D eigenvalue weighted by molar-refractivity contribution is 7.93. The SMILES string of the molecule is N#C/C(=C\c1ccc(OC/C=C/c2ccccc2)cc1)C(=O)Nc1ccc(S(=O)(=O)Nc2nccs2)cc1. The molecule has 0 saturated carbocycles. The first-order valence-corrected chi connectivity index (χ1v) is 13.7. The Morgan fingerprint density at radius 2 is 1.74 bits per heavy atom. The Morgan fingerprint density at radius 3 is 2.39 bits per heavy atom. The van der Waals surface area contributed by atoms with Crippen molar-refractivity contribution in [2.75, 3.05) is 16.6 Å². The van der Waals surface area contributed by atoms with E-state index in [4.69, 9.17) is 4.74 Å².